The summed E-state index contributed by atoms with van der Waals surface area (Å²) in [6, 6.07) is 19.4. The van der Waals surface area contributed by atoms with Crippen LogP contribution in [0.3, 0.4) is 0 Å². The van der Waals surface area contributed by atoms with E-state index in [0.29, 0.717) is 11.5 Å². The summed E-state index contributed by atoms with van der Waals surface area (Å²) in [5.74, 6) is 0.503. The molecule has 27 heavy (non-hydrogen) atoms. The van der Waals surface area contributed by atoms with Crippen molar-refractivity contribution in [2.75, 3.05) is 0 Å². The number of nitro groups is 1. The second kappa shape index (κ2) is 8.48. The molecule has 7 heteroatoms. The number of hydrazone groups is 1. The van der Waals surface area contributed by atoms with Gasteiger partial charge in [0.25, 0.3) is 5.69 Å². The summed E-state index contributed by atoms with van der Waals surface area (Å²) < 4.78 is 0. The second-order valence-corrected chi connectivity index (χ2v) is 5.68. The third kappa shape index (κ3) is 4.82. The molecule has 3 aromatic rings. The summed E-state index contributed by atoms with van der Waals surface area (Å²) in [7, 11) is 0. The number of benzene rings is 2. The Morgan fingerprint density at radius 3 is 2.48 bits per heavy atom. The van der Waals surface area contributed by atoms with Crippen LogP contribution in [0.5, 0.6) is 0 Å². The molecule has 0 aliphatic heterocycles. The minimum atomic E-state index is -0.437. The van der Waals surface area contributed by atoms with Gasteiger partial charge in [0.2, 0.25) is 0 Å². The quantitative estimate of drug-likeness (QED) is 0.322. The second-order valence-electron chi connectivity index (χ2n) is 5.68. The Balaban J connectivity index is 1.84. The van der Waals surface area contributed by atoms with Crippen LogP contribution in [0.4, 0.5) is 11.4 Å². The van der Waals surface area contributed by atoms with Gasteiger partial charge in [-0.25, -0.2) is 4.99 Å². The minimum absolute atomic E-state index is 0.0374. The van der Waals surface area contributed by atoms with E-state index < -0.39 is 4.92 Å². The molecule has 3 rings (SSSR count). The molecule has 0 unspecified atom stereocenters. The van der Waals surface area contributed by atoms with Crippen molar-refractivity contribution in [2.24, 2.45) is 10.1 Å². The van der Waals surface area contributed by atoms with E-state index in [1.807, 2.05) is 49.4 Å². The molecule has 1 aromatic heterocycles. The number of nitrogens with one attached hydrogen (secondary N) is 1. The Kier molecular flexibility index (Phi) is 5.64. The van der Waals surface area contributed by atoms with Crippen LogP contribution < -0.4 is 5.43 Å². The molecule has 0 aliphatic rings. The number of aromatic nitrogens is 1. The third-order valence-electron chi connectivity index (χ3n) is 3.74. The molecule has 0 saturated heterocycles. The number of para-hydroxylation sites is 1. The summed E-state index contributed by atoms with van der Waals surface area (Å²) in [6.45, 7) is 1.98. The predicted molar refractivity (Wildman–Crippen MR) is 105 cm³/mol. The topological polar surface area (TPSA) is 92.8 Å². The number of nitrogens with zero attached hydrogens (tertiary/aromatic N) is 4. The van der Waals surface area contributed by atoms with Gasteiger partial charge in [-0.1, -0.05) is 24.3 Å². The highest BCUT2D eigenvalue weighted by Gasteiger charge is 2.06. The number of amidine groups is 1. The van der Waals surface area contributed by atoms with Crippen molar-refractivity contribution in [2.45, 2.75) is 6.92 Å². The maximum Gasteiger partial charge on any atom is 0.269 e. The number of hydrogen-bond donors (Lipinski definition) is 1. The number of nitro benzene ring substituents is 1. The molecule has 0 fully saturated rings. The zero-order valence-electron chi connectivity index (χ0n) is 14.6. The first-order chi connectivity index (χ1) is 13.1. The molecule has 0 saturated carbocycles. The summed E-state index contributed by atoms with van der Waals surface area (Å²) in [5.41, 5.74) is 6.19. The van der Waals surface area contributed by atoms with Gasteiger partial charge in [-0.05, 0) is 48.4 Å². The number of rotatable bonds is 5. The van der Waals surface area contributed by atoms with Crippen LogP contribution in [-0.4, -0.2) is 22.0 Å². The molecule has 0 radical (unpaired) electrons. The Morgan fingerprint density at radius 2 is 1.81 bits per heavy atom. The monoisotopic (exact) mass is 359 g/mol. The summed E-state index contributed by atoms with van der Waals surface area (Å²) in [4.78, 5) is 19.2. The summed E-state index contributed by atoms with van der Waals surface area (Å²) in [6.07, 6.45) is 3.25. The third-order valence-corrected chi connectivity index (χ3v) is 3.74. The molecule has 1 N–H and O–H groups in total. The zero-order chi connectivity index (χ0) is 19.1. The molecule has 7 nitrogen and oxygen atoms in total. The molecule has 134 valence electrons. The van der Waals surface area contributed by atoms with E-state index in [9.17, 15) is 10.1 Å². The molecule has 2 aromatic carbocycles. The lowest BCUT2D eigenvalue weighted by Crippen LogP contribution is -2.20. The molecule has 0 amide bonds. The van der Waals surface area contributed by atoms with Crippen molar-refractivity contribution in [3.05, 3.63) is 99.9 Å². The van der Waals surface area contributed by atoms with Crippen LogP contribution >= 0.6 is 0 Å². The number of non-ortho nitro benzene ring substituents is 1. The molecule has 1 heterocycles. The smallest absolute Gasteiger partial charge is 0.260 e. The van der Waals surface area contributed by atoms with E-state index in [1.165, 1.54) is 12.1 Å². The first-order valence-electron chi connectivity index (χ1n) is 8.23. The predicted octanol–water partition coefficient (Wildman–Crippen LogP) is 4.00. The van der Waals surface area contributed by atoms with Crippen molar-refractivity contribution < 1.29 is 4.92 Å². The van der Waals surface area contributed by atoms with Crippen LogP contribution in [0.25, 0.3) is 0 Å². The number of aryl methyl sites for hydroxylation is 1. The van der Waals surface area contributed by atoms with Gasteiger partial charge in [-0.15, -0.1) is 0 Å². The van der Waals surface area contributed by atoms with Gasteiger partial charge in [0, 0.05) is 18.3 Å². The van der Waals surface area contributed by atoms with Crippen molar-refractivity contribution in [1.82, 2.24) is 10.4 Å². The first-order valence-corrected chi connectivity index (χ1v) is 8.23. The lowest BCUT2D eigenvalue weighted by molar-refractivity contribution is -0.384. The van der Waals surface area contributed by atoms with E-state index in [4.69, 9.17) is 0 Å². The van der Waals surface area contributed by atoms with Crippen LogP contribution in [0.2, 0.25) is 0 Å². The molecular weight excluding hydrogens is 342 g/mol. The summed E-state index contributed by atoms with van der Waals surface area (Å²) in [5, 5.41) is 14.9. The van der Waals surface area contributed by atoms with Crippen molar-refractivity contribution in [3.63, 3.8) is 0 Å². The Hall–Kier alpha value is -3.87. The fraction of sp³-hybridized carbons (Fsp3) is 0.0500. The standard InChI is InChI=1S/C20H17N5O2/c1-15-6-2-3-7-18(15)23-20(19-8-4-5-13-21-19)24-22-14-16-9-11-17(12-10-16)25(26)27/h2-14H,1H3,(H,23,24)/b22-14+. The molecular formula is C20H17N5O2. The Labute approximate surface area is 156 Å². The van der Waals surface area contributed by atoms with E-state index in [0.717, 1.165) is 16.8 Å². The fourth-order valence-electron chi connectivity index (χ4n) is 2.30. The molecule has 0 atom stereocenters. The first kappa shape index (κ1) is 17.9. The zero-order valence-corrected chi connectivity index (χ0v) is 14.6. The number of hydrogen-bond acceptors (Lipinski definition) is 5. The van der Waals surface area contributed by atoms with Gasteiger partial charge in [0.1, 0.15) is 5.69 Å². The van der Waals surface area contributed by atoms with E-state index in [1.54, 1.807) is 24.5 Å². The van der Waals surface area contributed by atoms with Gasteiger partial charge in [0.15, 0.2) is 5.84 Å². The van der Waals surface area contributed by atoms with Crippen LogP contribution in [0, 0.1) is 17.0 Å². The van der Waals surface area contributed by atoms with Gasteiger partial charge in [0.05, 0.1) is 16.8 Å². The lowest BCUT2D eigenvalue weighted by atomic mass is 10.2. The fourth-order valence-corrected chi connectivity index (χ4v) is 2.30. The van der Waals surface area contributed by atoms with Crippen molar-refractivity contribution in [3.8, 4) is 0 Å². The SMILES string of the molecule is Cc1ccccc1N=C(N/N=C/c1ccc([N+](=O)[O-])cc1)c1ccccn1. The summed E-state index contributed by atoms with van der Waals surface area (Å²) >= 11 is 0. The van der Waals surface area contributed by atoms with E-state index in [2.05, 4.69) is 20.5 Å². The molecule has 0 spiro atoms. The highest BCUT2D eigenvalue weighted by atomic mass is 16.6. The normalized spacial score (nSPS) is 11.5. The average Bonchev–Trinajstić information content (AvgIpc) is 2.70. The molecule has 0 aliphatic carbocycles. The van der Waals surface area contributed by atoms with Gasteiger partial charge in [-0.2, -0.15) is 5.10 Å². The highest BCUT2D eigenvalue weighted by Crippen LogP contribution is 2.18. The maximum atomic E-state index is 10.7. The van der Waals surface area contributed by atoms with Crippen molar-refractivity contribution in [1.29, 1.82) is 0 Å². The maximum absolute atomic E-state index is 10.7. The Bertz CT molecular complexity index is 983. The minimum Gasteiger partial charge on any atom is -0.260 e. The number of aliphatic imine (C=N–C) groups is 1. The number of pyridine rings is 1. The average molecular weight is 359 g/mol. The van der Waals surface area contributed by atoms with Gasteiger partial charge < -0.3 is 0 Å². The van der Waals surface area contributed by atoms with E-state index >= 15 is 0 Å². The highest BCUT2D eigenvalue weighted by molar-refractivity contribution is 5.99. The lowest BCUT2D eigenvalue weighted by Gasteiger charge is -2.06. The van der Waals surface area contributed by atoms with Gasteiger partial charge in [-0.3, -0.25) is 20.5 Å². The molecule has 0 bridgehead atoms. The van der Waals surface area contributed by atoms with Crippen molar-refractivity contribution >= 4 is 23.4 Å². The van der Waals surface area contributed by atoms with Crippen LogP contribution in [-0.2, 0) is 0 Å². The van der Waals surface area contributed by atoms with Crippen LogP contribution in [0.1, 0.15) is 16.8 Å². The van der Waals surface area contributed by atoms with Crippen LogP contribution in [0.15, 0.2) is 83.0 Å². The Morgan fingerprint density at radius 1 is 1.07 bits per heavy atom. The van der Waals surface area contributed by atoms with Gasteiger partial charge >= 0.3 is 0 Å². The van der Waals surface area contributed by atoms with E-state index in [-0.39, 0.29) is 5.69 Å². The largest absolute Gasteiger partial charge is 0.269 e.